The van der Waals surface area contributed by atoms with Crippen LogP contribution in [0.4, 0.5) is 0 Å². The van der Waals surface area contributed by atoms with E-state index in [1.165, 1.54) is 0 Å². The first-order valence-corrected chi connectivity index (χ1v) is 11.9. The Labute approximate surface area is 215 Å². The second kappa shape index (κ2) is 9.81. The Morgan fingerprint density at radius 3 is 2.76 bits per heavy atom. The van der Waals surface area contributed by atoms with Gasteiger partial charge >= 0.3 is 0 Å². The first-order chi connectivity index (χ1) is 17.9. The van der Waals surface area contributed by atoms with Crippen LogP contribution in [0.25, 0.3) is 11.3 Å². The van der Waals surface area contributed by atoms with E-state index in [4.69, 9.17) is 9.47 Å². The highest BCUT2D eigenvalue weighted by Gasteiger charge is 2.43. The number of aromatic nitrogens is 3. The quantitative estimate of drug-likeness (QED) is 0.329. The van der Waals surface area contributed by atoms with Crippen molar-refractivity contribution in [2.24, 2.45) is 0 Å². The third-order valence-corrected chi connectivity index (χ3v) is 6.50. The molecular weight excluding hydrogens is 468 g/mol. The van der Waals surface area contributed by atoms with E-state index in [1.807, 2.05) is 56.3 Å². The van der Waals surface area contributed by atoms with Crippen molar-refractivity contribution in [3.8, 4) is 28.5 Å². The fraction of sp³-hybridized carbons (Fsp3) is 0.207. The summed E-state index contributed by atoms with van der Waals surface area (Å²) < 4.78 is 11.4. The van der Waals surface area contributed by atoms with E-state index >= 15 is 0 Å². The number of carbonyl (C=O) groups excluding carboxylic acids is 1. The summed E-state index contributed by atoms with van der Waals surface area (Å²) in [5.41, 5.74) is 5.67. The molecule has 4 aromatic rings. The van der Waals surface area contributed by atoms with Gasteiger partial charge in [0, 0.05) is 30.1 Å². The number of nitrogens with zero attached hydrogens (tertiary/aromatic N) is 3. The number of nitrogens with one attached hydrogen (secondary N) is 1. The van der Waals surface area contributed by atoms with Gasteiger partial charge < -0.3 is 19.5 Å². The van der Waals surface area contributed by atoms with Crippen molar-refractivity contribution in [3.05, 3.63) is 101 Å². The van der Waals surface area contributed by atoms with E-state index in [1.54, 1.807) is 30.5 Å². The molecule has 1 unspecified atom stereocenters. The summed E-state index contributed by atoms with van der Waals surface area (Å²) in [5, 5.41) is 18.4. The molecule has 0 radical (unpaired) electrons. The van der Waals surface area contributed by atoms with E-state index in [2.05, 4.69) is 21.8 Å². The molecular formula is C29H28N4O4. The molecule has 8 nitrogen and oxygen atoms in total. The van der Waals surface area contributed by atoms with Gasteiger partial charge in [-0.05, 0) is 60.4 Å². The zero-order chi connectivity index (χ0) is 26.1. The number of carbonyl (C=O) groups is 1. The van der Waals surface area contributed by atoms with Gasteiger partial charge in [-0.2, -0.15) is 5.10 Å². The Balaban J connectivity index is 1.68. The van der Waals surface area contributed by atoms with Gasteiger partial charge in [-0.15, -0.1) is 0 Å². The number of methoxy groups -OCH3 is 1. The Kier molecular flexibility index (Phi) is 6.40. The second-order valence-electron chi connectivity index (χ2n) is 9.05. The molecule has 1 amide bonds. The Morgan fingerprint density at radius 2 is 2.03 bits per heavy atom. The SMILES string of the molecule is C=CCOc1ccc(C2c3c(-c4cc(C)cc(C)c4O)n[nH]c3C(=O)N2Cc2cccnc2)cc1OC. The predicted molar refractivity (Wildman–Crippen MR) is 140 cm³/mol. The lowest BCUT2D eigenvalue weighted by Gasteiger charge is -2.27. The number of hydrogen-bond donors (Lipinski definition) is 2. The lowest BCUT2D eigenvalue weighted by atomic mass is 9.93. The van der Waals surface area contributed by atoms with Crippen molar-refractivity contribution in [2.75, 3.05) is 13.7 Å². The highest BCUT2D eigenvalue weighted by atomic mass is 16.5. The molecule has 5 rings (SSSR count). The second-order valence-corrected chi connectivity index (χ2v) is 9.05. The molecule has 2 N–H and O–H groups in total. The fourth-order valence-electron chi connectivity index (χ4n) is 4.86. The zero-order valence-corrected chi connectivity index (χ0v) is 21.0. The molecule has 8 heteroatoms. The van der Waals surface area contributed by atoms with Gasteiger partial charge in [0.05, 0.1) is 13.2 Å². The van der Waals surface area contributed by atoms with Crippen molar-refractivity contribution in [1.29, 1.82) is 0 Å². The molecule has 0 aliphatic carbocycles. The van der Waals surface area contributed by atoms with Gasteiger partial charge in [0.1, 0.15) is 23.7 Å². The number of benzene rings is 2. The van der Waals surface area contributed by atoms with E-state index in [0.717, 1.165) is 22.3 Å². The van der Waals surface area contributed by atoms with Crippen LogP contribution < -0.4 is 9.47 Å². The molecule has 0 bridgehead atoms. The highest BCUT2D eigenvalue weighted by molar-refractivity contribution is 6.00. The Morgan fingerprint density at radius 1 is 1.19 bits per heavy atom. The van der Waals surface area contributed by atoms with Gasteiger partial charge in [-0.25, -0.2) is 0 Å². The Bertz CT molecular complexity index is 1480. The van der Waals surface area contributed by atoms with Crippen LogP contribution in [0.3, 0.4) is 0 Å². The van der Waals surface area contributed by atoms with Crippen LogP contribution in [0.15, 0.2) is 67.5 Å². The van der Waals surface area contributed by atoms with Gasteiger partial charge in [0.2, 0.25) is 0 Å². The maximum absolute atomic E-state index is 13.7. The molecule has 3 heterocycles. The van der Waals surface area contributed by atoms with Crippen molar-refractivity contribution in [2.45, 2.75) is 26.4 Å². The average molecular weight is 497 g/mol. The van der Waals surface area contributed by atoms with Crippen LogP contribution in [-0.2, 0) is 6.54 Å². The summed E-state index contributed by atoms with van der Waals surface area (Å²) in [6.45, 7) is 8.20. The molecule has 1 aliphatic heterocycles. The van der Waals surface area contributed by atoms with Crippen molar-refractivity contribution in [3.63, 3.8) is 0 Å². The first kappa shape index (κ1) is 24.1. The number of rotatable bonds is 8. The van der Waals surface area contributed by atoms with Crippen LogP contribution in [0.2, 0.25) is 0 Å². The number of fused-ring (bicyclic) bond motifs is 1. The van der Waals surface area contributed by atoms with Crippen LogP contribution in [0.5, 0.6) is 17.2 Å². The van der Waals surface area contributed by atoms with E-state index in [-0.39, 0.29) is 11.7 Å². The number of aromatic amines is 1. The fourth-order valence-corrected chi connectivity index (χ4v) is 4.86. The summed E-state index contributed by atoms with van der Waals surface area (Å²) in [6, 6.07) is 12.7. The number of phenolic OH excluding ortho intramolecular Hbond substituents is 1. The number of aryl methyl sites for hydroxylation is 2. The van der Waals surface area contributed by atoms with Crippen LogP contribution in [-0.4, -0.2) is 44.8 Å². The number of phenols is 1. The molecule has 0 spiro atoms. The third-order valence-electron chi connectivity index (χ3n) is 6.50. The number of H-pyrrole nitrogens is 1. The summed E-state index contributed by atoms with van der Waals surface area (Å²) in [7, 11) is 1.58. The molecule has 188 valence electrons. The average Bonchev–Trinajstić information content (AvgIpc) is 3.44. The maximum Gasteiger partial charge on any atom is 0.273 e. The number of amides is 1. The topological polar surface area (TPSA) is 101 Å². The minimum absolute atomic E-state index is 0.141. The molecule has 0 saturated carbocycles. The van der Waals surface area contributed by atoms with E-state index in [9.17, 15) is 9.90 Å². The third kappa shape index (κ3) is 4.31. The lowest BCUT2D eigenvalue weighted by Crippen LogP contribution is -2.29. The van der Waals surface area contributed by atoms with E-state index in [0.29, 0.717) is 47.2 Å². The number of ether oxygens (including phenoxy) is 2. The predicted octanol–water partition coefficient (Wildman–Crippen LogP) is 5.11. The Hall–Kier alpha value is -4.59. The molecule has 2 aromatic carbocycles. The van der Waals surface area contributed by atoms with Gasteiger partial charge in [0.25, 0.3) is 5.91 Å². The standard InChI is InChI=1S/C29H28N4O4/c1-5-11-37-22-9-8-20(14-23(22)36-4)27-24-25(21-13-17(2)12-18(3)28(21)34)31-32-26(24)29(35)33(27)16-19-7-6-10-30-15-19/h5-10,12-15,27,34H,1,11,16H2,2-4H3,(H,31,32). The monoisotopic (exact) mass is 496 g/mol. The number of hydrogen-bond acceptors (Lipinski definition) is 6. The van der Waals surface area contributed by atoms with Crippen LogP contribution in [0.1, 0.15) is 44.3 Å². The summed E-state index contributed by atoms with van der Waals surface area (Å²) in [6.07, 6.45) is 5.12. The van der Waals surface area contributed by atoms with Crippen molar-refractivity contribution >= 4 is 5.91 Å². The molecule has 2 aromatic heterocycles. The normalized spacial score (nSPS) is 14.5. The van der Waals surface area contributed by atoms with Crippen molar-refractivity contribution in [1.82, 2.24) is 20.1 Å². The van der Waals surface area contributed by atoms with Gasteiger partial charge in [0.15, 0.2) is 11.5 Å². The maximum atomic E-state index is 13.7. The van der Waals surface area contributed by atoms with Crippen LogP contribution >= 0.6 is 0 Å². The lowest BCUT2D eigenvalue weighted by molar-refractivity contribution is 0.0729. The molecule has 1 atom stereocenters. The first-order valence-electron chi connectivity index (χ1n) is 11.9. The summed E-state index contributed by atoms with van der Waals surface area (Å²) in [5.74, 6) is 1.08. The molecule has 0 fully saturated rings. The van der Waals surface area contributed by atoms with Gasteiger partial charge in [-0.3, -0.25) is 14.9 Å². The van der Waals surface area contributed by atoms with Crippen molar-refractivity contribution < 1.29 is 19.4 Å². The summed E-state index contributed by atoms with van der Waals surface area (Å²) in [4.78, 5) is 19.7. The zero-order valence-electron chi connectivity index (χ0n) is 21.0. The minimum Gasteiger partial charge on any atom is -0.507 e. The largest absolute Gasteiger partial charge is 0.507 e. The smallest absolute Gasteiger partial charge is 0.273 e. The van der Waals surface area contributed by atoms with E-state index < -0.39 is 6.04 Å². The minimum atomic E-state index is -0.487. The van der Waals surface area contributed by atoms with Crippen LogP contribution in [0, 0.1) is 13.8 Å². The number of aromatic hydroxyl groups is 1. The molecule has 0 saturated heterocycles. The summed E-state index contributed by atoms with van der Waals surface area (Å²) >= 11 is 0. The van der Waals surface area contributed by atoms with Gasteiger partial charge in [-0.1, -0.05) is 30.9 Å². The number of pyridine rings is 1. The highest BCUT2D eigenvalue weighted by Crippen LogP contribution is 2.47. The molecule has 37 heavy (non-hydrogen) atoms. The molecule has 1 aliphatic rings.